The fraction of sp³-hybridized carbons (Fsp3) is 0.0526. The van der Waals surface area contributed by atoms with E-state index in [-0.39, 0.29) is 15.6 Å². The molecule has 1 aromatic heterocycles. The molecule has 1 heterocycles. The quantitative estimate of drug-likeness (QED) is 0.596. The highest BCUT2D eigenvalue weighted by atomic mass is 32.2. The van der Waals surface area contributed by atoms with Crippen molar-refractivity contribution in [3.05, 3.63) is 65.7 Å². The van der Waals surface area contributed by atoms with E-state index in [4.69, 9.17) is 9.84 Å². The monoisotopic (exact) mass is 414 g/mol. The van der Waals surface area contributed by atoms with Gasteiger partial charge in [-0.3, -0.25) is 4.72 Å². The van der Waals surface area contributed by atoms with E-state index in [1.165, 1.54) is 12.1 Å². The molecule has 0 aliphatic carbocycles. The minimum absolute atomic E-state index is 0.0154. The summed E-state index contributed by atoms with van der Waals surface area (Å²) in [6, 6.07) is 16.7. The molecule has 28 heavy (non-hydrogen) atoms. The zero-order valence-corrected chi connectivity index (χ0v) is 16.2. The van der Waals surface area contributed by atoms with Gasteiger partial charge in [-0.05, 0) is 30.7 Å². The van der Waals surface area contributed by atoms with E-state index < -0.39 is 16.2 Å². The number of carbonyl (C=O) groups is 1. The normalized spacial score (nSPS) is 10.9. The van der Waals surface area contributed by atoms with Gasteiger partial charge in [-0.25, -0.2) is 13.2 Å². The number of sulfonamides is 1. The molecule has 0 saturated carbocycles. The van der Waals surface area contributed by atoms with Gasteiger partial charge in [0.15, 0.2) is 0 Å². The molecule has 2 N–H and O–H groups in total. The molecule has 0 atom stereocenters. The fourth-order valence-corrected chi connectivity index (χ4v) is 4.95. The van der Waals surface area contributed by atoms with Gasteiger partial charge >= 0.3 is 6.16 Å². The number of carboxylic acid groups (broad SMARTS) is 1. The zero-order valence-electron chi connectivity index (χ0n) is 14.5. The second-order valence-electron chi connectivity index (χ2n) is 5.71. The molecule has 7 nitrogen and oxygen atoms in total. The lowest BCUT2D eigenvalue weighted by atomic mass is 10.1. The second-order valence-corrected chi connectivity index (χ2v) is 8.37. The Balaban J connectivity index is 2.08. The highest BCUT2D eigenvalue weighted by molar-refractivity contribution is 7.92. The molecule has 0 radical (unpaired) electrons. The van der Waals surface area contributed by atoms with Gasteiger partial charge in [0, 0.05) is 10.4 Å². The molecule has 0 spiro atoms. The van der Waals surface area contributed by atoms with Crippen LogP contribution in [0.15, 0.2) is 59.5 Å². The highest BCUT2D eigenvalue weighted by Crippen LogP contribution is 2.42. The summed E-state index contributed by atoms with van der Waals surface area (Å²) in [5.74, 6) is 0. The zero-order chi connectivity index (χ0) is 20.3. The highest BCUT2D eigenvalue weighted by Gasteiger charge is 2.23. The van der Waals surface area contributed by atoms with Gasteiger partial charge in [0.2, 0.25) is 5.06 Å². The Morgan fingerprint density at radius 2 is 1.86 bits per heavy atom. The molecule has 0 saturated heterocycles. The predicted octanol–water partition coefficient (Wildman–Crippen LogP) is 4.45. The fourth-order valence-electron chi connectivity index (χ4n) is 2.59. The van der Waals surface area contributed by atoms with Crippen molar-refractivity contribution in [3.63, 3.8) is 0 Å². The van der Waals surface area contributed by atoms with Crippen LogP contribution in [0, 0.1) is 18.3 Å². The summed E-state index contributed by atoms with van der Waals surface area (Å²) in [6.07, 6.45) is -1.57. The standard InChI is InChI=1S/C19H14N2O5S2/c1-12-6-2-5-9-17(12)28(24,25)21-15-10-16(27-18(15)26-19(22)23)14-8-4-3-7-13(14)11-20/h2-10,21H,1H3,(H,22,23). The summed E-state index contributed by atoms with van der Waals surface area (Å²) >= 11 is 0.929. The molecule has 3 aromatic rings. The first-order valence-electron chi connectivity index (χ1n) is 7.94. The number of thiophene rings is 1. The van der Waals surface area contributed by atoms with Crippen LogP contribution in [0.2, 0.25) is 0 Å². The molecule has 142 valence electrons. The minimum Gasteiger partial charge on any atom is -0.449 e. The molecule has 3 rings (SSSR count). The number of nitrogens with zero attached hydrogens (tertiary/aromatic N) is 1. The van der Waals surface area contributed by atoms with E-state index >= 15 is 0 Å². The Kier molecular flexibility index (Phi) is 5.35. The largest absolute Gasteiger partial charge is 0.512 e. The molecule has 0 aliphatic heterocycles. The molecule has 2 aromatic carbocycles. The Hall–Kier alpha value is -3.35. The van der Waals surface area contributed by atoms with E-state index in [1.54, 1.807) is 49.4 Å². The van der Waals surface area contributed by atoms with Crippen molar-refractivity contribution in [1.29, 1.82) is 5.26 Å². The topological polar surface area (TPSA) is 116 Å². The van der Waals surface area contributed by atoms with E-state index in [0.717, 1.165) is 11.3 Å². The third-order valence-electron chi connectivity index (χ3n) is 3.82. The molecule has 0 aliphatic rings. The number of anilines is 1. The van der Waals surface area contributed by atoms with E-state index in [0.29, 0.717) is 21.6 Å². The van der Waals surface area contributed by atoms with Crippen molar-refractivity contribution in [2.75, 3.05) is 4.72 Å². The summed E-state index contributed by atoms with van der Waals surface area (Å²) in [5.41, 5.74) is 1.45. The van der Waals surface area contributed by atoms with Crippen molar-refractivity contribution in [3.8, 4) is 21.6 Å². The van der Waals surface area contributed by atoms with Crippen LogP contribution in [0.5, 0.6) is 5.06 Å². The molecular formula is C19H14N2O5S2. The lowest BCUT2D eigenvalue weighted by Gasteiger charge is -2.10. The minimum atomic E-state index is -3.97. The summed E-state index contributed by atoms with van der Waals surface area (Å²) in [7, 11) is -3.97. The van der Waals surface area contributed by atoms with Gasteiger partial charge in [0.1, 0.15) is 5.69 Å². The maximum atomic E-state index is 12.8. The van der Waals surface area contributed by atoms with Gasteiger partial charge in [-0.15, -0.1) is 0 Å². The first-order chi connectivity index (χ1) is 13.3. The smallest absolute Gasteiger partial charge is 0.449 e. The van der Waals surface area contributed by atoms with Crippen LogP contribution in [-0.4, -0.2) is 19.7 Å². The number of nitriles is 1. The maximum Gasteiger partial charge on any atom is 0.512 e. The van der Waals surface area contributed by atoms with Crippen molar-refractivity contribution in [2.45, 2.75) is 11.8 Å². The number of nitrogens with one attached hydrogen (secondary N) is 1. The molecular weight excluding hydrogens is 400 g/mol. The van der Waals surface area contributed by atoms with E-state index in [9.17, 15) is 18.5 Å². The first-order valence-corrected chi connectivity index (χ1v) is 10.2. The SMILES string of the molecule is Cc1ccccc1S(=O)(=O)Nc1cc(-c2ccccc2C#N)sc1OC(=O)O. The van der Waals surface area contributed by atoms with E-state index in [2.05, 4.69) is 10.8 Å². The average molecular weight is 414 g/mol. The lowest BCUT2D eigenvalue weighted by Crippen LogP contribution is -2.15. The third kappa shape index (κ3) is 3.98. The number of benzene rings is 2. The molecule has 0 unspecified atom stereocenters. The van der Waals surface area contributed by atoms with Crippen molar-refractivity contribution in [1.82, 2.24) is 0 Å². The molecule has 0 amide bonds. The average Bonchev–Trinajstić information content (AvgIpc) is 3.02. The van der Waals surface area contributed by atoms with Gasteiger partial charge < -0.3 is 9.84 Å². The van der Waals surface area contributed by atoms with Crippen LogP contribution in [0.1, 0.15) is 11.1 Å². The maximum absolute atomic E-state index is 12.8. The Bertz CT molecular complexity index is 1190. The Morgan fingerprint density at radius 1 is 1.18 bits per heavy atom. The first kappa shape index (κ1) is 19.4. The van der Waals surface area contributed by atoms with Crippen LogP contribution >= 0.6 is 11.3 Å². The van der Waals surface area contributed by atoms with Crippen molar-refractivity contribution < 1.29 is 23.1 Å². The lowest BCUT2D eigenvalue weighted by molar-refractivity contribution is 0.146. The molecule has 0 fully saturated rings. The number of hydrogen-bond donors (Lipinski definition) is 2. The van der Waals surface area contributed by atoms with Crippen LogP contribution in [-0.2, 0) is 10.0 Å². The number of hydrogen-bond acceptors (Lipinski definition) is 6. The summed E-state index contributed by atoms with van der Waals surface area (Å²) in [6.45, 7) is 1.66. The summed E-state index contributed by atoms with van der Waals surface area (Å²) in [4.78, 5) is 11.6. The van der Waals surface area contributed by atoms with Gasteiger partial charge in [0.05, 0.1) is 16.5 Å². The predicted molar refractivity (Wildman–Crippen MR) is 105 cm³/mol. The number of ether oxygens (including phenoxy) is 1. The van der Waals surface area contributed by atoms with Crippen LogP contribution in [0.4, 0.5) is 10.5 Å². The van der Waals surface area contributed by atoms with Gasteiger partial charge in [0.25, 0.3) is 10.0 Å². The Morgan fingerprint density at radius 3 is 2.54 bits per heavy atom. The van der Waals surface area contributed by atoms with Crippen molar-refractivity contribution in [2.24, 2.45) is 0 Å². The number of aryl methyl sites for hydroxylation is 1. The van der Waals surface area contributed by atoms with Gasteiger partial charge in [-0.2, -0.15) is 5.26 Å². The molecule has 0 bridgehead atoms. The summed E-state index contributed by atoms with van der Waals surface area (Å²) < 4.78 is 32.7. The Labute approximate surface area is 165 Å². The third-order valence-corrected chi connectivity index (χ3v) is 6.39. The van der Waals surface area contributed by atoms with Crippen LogP contribution in [0.25, 0.3) is 10.4 Å². The van der Waals surface area contributed by atoms with Gasteiger partial charge in [-0.1, -0.05) is 47.7 Å². The molecule has 9 heteroatoms. The second kappa shape index (κ2) is 7.72. The number of rotatable bonds is 5. The van der Waals surface area contributed by atoms with E-state index in [1.807, 2.05) is 0 Å². The van der Waals surface area contributed by atoms with Crippen LogP contribution < -0.4 is 9.46 Å². The van der Waals surface area contributed by atoms with Crippen LogP contribution in [0.3, 0.4) is 0 Å². The van der Waals surface area contributed by atoms with Crippen molar-refractivity contribution >= 4 is 33.2 Å². The summed E-state index contributed by atoms with van der Waals surface area (Å²) in [5, 5.41) is 18.1.